The van der Waals surface area contributed by atoms with Crippen molar-refractivity contribution in [2.75, 3.05) is 0 Å². The number of hydrogen-bond donors (Lipinski definition) is 1. The molecule has 0 spiro atoms. The first-order valence-electron chi connectivity index (χ1n) is 5.98. The summed E-state index contributed by atoms with van der Waals surface area (Å²) in [6.45, 7) is 5.32. The van der Waals surface area contributed by atoms with Crippen LogP contribution >= 0.6 is 34.8 Å². The summed E-state index contributed by atoms with van der Waals surface area (Å²) >= 11 is 17.8. The molecule has 0 heterocycles. The van der Waals surface area contributed by atoms with E-state index in [1.807, 2.05) is 0 Å². The summed E-state index contributed by atoms with van der Waals surface area (Å²) in [5.74, 6) is -1.08. The molecule has 7 heteroatoms. The summed E-state index contributed by atoms with van der Waals surface area (Å²) in [6, 6.07) is 2.81. The Morgan fingerprint density at radius 3 is 2.25 bits per heavy atom. The third-order valence-electron chi connectivity index (χ3n) is 2.78. The highest BCUT2D eigenvalue weighted by atomic mass is 35.6. The van der Waals surface area contributed by atoms with Gasteiger partial charge in [-0.3, -0.25) is 4.21 Å². The highest BCUT2D eigenvalue weighted by Gasteiger charge is 2.32. The Morgan fingerprint density at radius 2 is 1.90 bits per heavy atom. The molecule has 1 N–H and O–H groups in total. The van der Waals surface area contributed by atoms with Crippen molar-refractivity contribution < 1.29 is 14.1 Å². The molecule has 0 amide bonds. The Balaban J connectivity index is 3.74. The van der Waals surface area contributed by atoms with Gasteiger partial charge in [-0.25, -0.2) is 4.79 Å². The number of rotatable bonds is 4. The fraction of sp³-hybridized carbons (Fsp3) is 0.462. The van der Waals surface area contributed by atoms with Crippen molar-refractivity contribution in [2.45, 2.75) is 41.1 Å². The van der Waals surface area contributed by atoms with Crippen LogP contribution in [-0.2, 0) is 21.0 Å². The molecule has 1 aromatic carbocycles. The predicted molar refractivity (Wildman–Crippen MR) is 83.6 cm³/mol. The molecule has 0 fully saturated rings. The first-order valence-corrected chi connectivity index (χ1v) is 8.32. The number of alkyl halides is 3. The van der Waals surface area contributed by atoms with E-state index >= 15 is 0 Å². The number of benzene rings is 1. The molecule has 0 aromatic heterocycles. The standard InChI is InChI=1S/C13H15Cl3O3S/c1-4-8-9(12(17)18)5-6-10(13(14,15)16)11(8)20(19)7(2)3/h5-7H,4H2,1-3H3,(H,17,18)/t20-/m1/s1. The monoisotopic (exact) mass is 356 g/mol. The van der Waals surface area contributed by atoms with Crippen molar-refractivity contribution >= 4 is 51.6 Å². The molecule has 0 aliphatic rings. The molecule has 20 heavy (non-hydrogen) atoms. The Morgan fingerprint density at radius 1 is 1.35 bits per heavy atom. The maximum atomic E-state index is 12.5. The lowest BCUT2D eigenvalue weighted by atomic mass is 10.0. The largest absolute Gasteiger partial charge is 0.478 e. The first-order chi connectivity index (χ1) is 9.11. The molecule has 1 atom stereocenters. The lowest BCUT2D eigenvalue weighted by Gasteiger charge is -2.21. The summed E-state index contributed by atoms with van der Waals surface area (Å²) in [5, 5.41) is 9.02. The Labute approximate surface area is 135 Å². The van der Waals surface area contributed by atoms with E-state index < -0.39 is 20.6 Å². The van der Waals surface area contributed by atoms with E-state index in [1.54, 1.807) is 20.8 Å². The van der Waals surface area contributed by atoms with Gasteiger partial charge in [-0.2, -0.15) is 0 Å². The minimum atomic E-state index is -1.75. The van der Waals surface area contributed by atoms with Crippen molar-refractivity contribution in [2.24, 2.45) is 0 Å². The van der Waals surface area contributed by atoms with Crippen LogP contribution in [0, 0.1) is 0 Å². The molecule has 3 nitrogen and oxygen atoms in total. The van der Waals surface area contributed by atoms with Gasteiger partial charge in [0.05, 0.1) is 21.3 Å². The van der Waals surface area contributed by atoms with Crippen LogP contribution in [0.5, 0.6) is 0 Å². The van der Waals surface area contributed by atoms with E-state index in [2.05, 4.69) is 0 Å². The number of carboxylic acids is 1. The average molecular weight is 358 g/mol. The molecule has 0 saturated heterocycles. The van der Waals surface area contributed by atoms with E-state index in [1.165, 1.54) is 12.1 Å². The molecule has 112 valence electrons. The average Bonchev–Trinajstić information content (AvgIpc) is 2.34. The maximum Gasteiger partial charge on any atom is 0.336 e. The Bertz CT molecular complexity index is 551. The SMILES string of the molecule is CCc1c(C(=O)O)ccc(C(Cl)(Cl)Cl)c1[S@](=O)C(C)C. The van der Waals surface area contributed by atoms with Gasteiger partial charge in [-0.15, -0.1) is 0 Å². The molecular weight excluding hydrogens is 343 g/mol. The van der Waals surface area contributed by atoms with Crippen LogP contribution in [0.25, 0.3) is 0 Å². The second-order valence-electron chi connectivity index (χ2n) is 4.47. The van der Waals surface area contributed by atoms with E-state index in [-0.39, 0.29) is 16.4 Å². The molecule has 0 saturated carbocycles. The van der Waals surface area contributed by atoms with Crippen LogP contribution in [-0.4, -0.2) is 20.5 Å². The minimum absolute atomic E-state index is 0.0921. The maximum absolute atomic E-state index is 12.5. The summed E-state index contributed by atoms with van der Waals surface area (Å²) in [5.41, 5.74) is 0.819. The van der Waals surface area contributed by atoms with Crippen LogP contribution in [0.3, 0.4) is 0 Å². The van der Waals surface area contributed by atoms with Crippen molar-refractivity contribution in [3.8, 4) is 0 Å². The van der Waals surface area contributed by atoms with Crippen LogP contribution < -0.4 is 0 Å². The number of carboxylic acid groups (broad SMARTS) is 1. The van der Waals surface area contributed by atoms with Gasteiger partial charge < -0.3 is 5.11 Å². The normalized spacial score (nSPS) is 13.6. The topological polar surface area (TPSA) is 54.4 Å². The highest BCUT2D eigenvalue weighted by Crippen LogP contribution is 2.43. The predicted octanol–water partition coefficient (Wildman–Crippen LogP) is 4.29. The fourth-order valence-electron chi connectivity index (χ4n) is 1.87. The molecular formula is C13H15Cl3O3S. The molecule has 1 aromatic rings. The molecule has 0 bridgehead atoms. The highest BCUT2D eigenvalue weighted by molar-refractivity contribution is 7.85. The number of halogens is 3. The lowest BCUT2D eigenvalue weighted by molar-refractivity contribution is 0.0695. The third-order valence-corrected chi connectivity index (χ3v) is 5.11. The zero-order valence-corrected chi connectivity index (χ0v) is 14.3. The molecule has 1 rings (SSSR count). The summed E-state index contributed by atoms with van der Waals surface area (Å²) in [7, 11) is -1.45. The number of aromatic carboxylic acids is 1. The zero-order valence-electron chi connectivity index (χ0n) is 11.2. The van der Waals surface area contributed by atoms with Gasteiger partial charge in [0.15, 0.2) is 0 Å². The minimum Gasteiger partial charge on any atom is -0.478 e. The van der Waals surface area contributed by atoms with Crippen LogP contribution in [0.15, 0.2) is 17.0 Å². The zero-order chi connectivity index (χ0) is 15.7. The molecule has 0 radical (unpaired) electrons. The molecule has 0 unspecified atom stereocenters. The van der Waals surface area contributed by atoms with Crippen LogP contribution in [0.1, 0.15) is 42.3 Å². The Kier molecular flexibility index (Phi) is 5.90. The van der Waals surface area contributed by atoms with Crippen molar-refractivity contribution in [1.82, 2.24) is 0 Å². The van der Waals surface area contributed by atoms with Crippen molar-refractivity contribution in [3.05, 3.63) is 28.8 Å². The third kappa shape index (κ3) is 3.67. The van der Waals surface area contributed by atoms with E-state index in [4.69, 9.17) is 34.8 Å². The van der Waals surface area contributed by atoms with Gasteiger partial charge in [0, 0.05) is 10.8 Å². The lowest BCUT2D eigenvalue weighted by Crippen LogP contribution is -2.17. The first kappa shape index (κ1) is 17.8. The van der Waals surface area contributed by atoms with Crippen molar-refractivity contribution in [3.63, 3.8) is 0 Å². The van der Waals surface area contributed by atoms with Gasteiger partial charge in [0.2, 0.25) is 3.79 Å². The van der Waals surface area contributed by atoms with E-state index in [0.29, 0.717) is 16.9 Å². The van der Waals surface area contributed by atoms with Gasteiger partial charge in [-0.1, -0.05) is 61.6 Å². The smallest absolute Gasteiger partial charge is 0.336 e. The van der Waals surface area contributed by atoms with Gasteiger partial charge in [-0.05, 0) is 18.1 Å². The summed E-state index contributed by atoms with van der Waals surface area (Å²) < 4.78 is 10.8. The Hall–Kier alpha value is -0.290. The number of hydrogen-bond acceptors (Lipinski definition) is 2. The van der Waals surface area contributed by atoms with E-state index in [9.17, 15) is 14.1 Å². The van der Waals surface area contributed by atoms with Crippen LogP contribution in [0.2, 0.25) is 0 Å². The number of carbonyl (C=O) groups is 1. The van der Waals surface area contributed by atoms with E-state index in [0.717, 1.165) is 0 Å². The van der Waals surface area contributed by atoms with Gasteiger partial charge in [0.25, 0.3) is 0 Å². The van der Waals surface area contributed by atoms with Crippen LogP contribution in [0.4, 0.5) is 0 Å². The molecule has 0 aliphatic carbocycles. The van der Waals surface area contributed by atoms with Gasteiger partial charge in [0.1, 0.15) is 0 Å². The van der Waals surface area contributed by atoms with Crippen molar-refractivity contribution in [1.29, 1.82) is 0 Å². The molecule has 0 aliphatic heterocycles. The second kappa shape index (κ2) is 6.65. The fourth-order valence-corrected chi connectivity index (χ4v) is 3.91. The quantitative estimate of drug-likeness (QED) is 0.818. The summed E-state index contributed by atoms with van der Waals surface area (Å²) in [6.07, 6.45) is 0.393. The summed E-state index contributed by atoms with van der Waals surface area (Å²) in [4.78, 5) is 11.6. The second-order valence-corrected chi connectivity index (χ2v) is 8.70. The van der Waals surface area contributed by atoms with Gasteiger partial charge >= 0.3 is 5.97 Å².